The molecule has 20 heavy (non-hydrogen) atoms. The van der Waals surface area contributed by atoms with E-state index in [1.807, 2.05) is 12.3 Å². The number of pyridine rings is 1. The lowest BCUT2D eigenvalue weighted by Gasteiger charge is -2.24. The Labute approximate surface area is 120 Å². The van der Waals surface area contributed by atoms with Crippen LogP contribution >= 0.6 is 0 Å². The zero-order valence-corrected chi connectivity index (χ0v) is 12.4. The molecule has 2 aliphatic rings. The van der Waals surface area contributed by atoms with Crippen LogP contribution in [0.5, 0.6) is 0 Å². The standard InChI is InChI=1S/C14H21N3O2S/c18-20(19)10-2-7-17(20)9-8-16(14-4-5-14)12-13-3-1-6-15-11-13/h1,3,6,11,14H,2,4-5,7-10,12H2. The molecule has 5 nitrogen and oxygen atoms in total. The highest BCUT2D eigenvalue weighted by atomic mass is 32.2. The molecule has 0 N–H and O–H groups in total. The van der Waals surface area contributed by atoms with E-state index in [4.69, 9.17) is 0 Å². The van der Waals surface area contributed by atoms with E-state index >= 15 is 0 Å². The van der Waals surface area contributed by atoms with E-state index in [0.29, 0.717) is 24.9 Å². The number of hydrogen-bond donors (Lipinski definition) is 0. The van der Waals surface area contributed by atoms with Crippen molar-refractivity contribution in [2.75, 3.05) is 25.4 Å². The van der Waals surface area contributed by atoms with Crippen LogP contribution in [-0.4, -0.2) is 54.0 Å². The lowest BCUT2D eigenvalue weighted by atomic mass is 10.2. The Kier molecular flexibility index (Phi) is 4.05. The van der Waals surface area contributed by atoms with Gasteiger partial charge in [-0.05, 0) is 30.9 Å². The maximum atomic E-state index is 11.8. The summed E-state index contributed by atoms with van der Waals surface area (Å²) in [4.78, 5) is 6.54. The van der Waals surface area contributed by atoms with Crippen LogP contribution in [0.2, 0.25) is 0 Å². The van der Waals surface area contributed by atoms with Crippen molar-refractivity contribution < 1.29 is 8.42 Å². The molecular formula is C14H21N3O2S. The molecule has 1 aromatic rings. The van der Waals surface area contributed by atoms with Crippen LogP contribution in [-0.2, 0) is 16.6 Å². The van der Waals surface area contributed by atoms with Crippen molar-refractivity contribution in [1.29, 1.82) is 0 Å². The minimum Gasteiger partial charge on any atom is -0.295 e. The fraction of sp³-hybridized carbons (Fsp3) is 0.643. The van der Waals surface area contributed by atoms with Gasteiger partial charge in [-0.2, -0.15) is 0 Å². The average molecular weight is 295 g/mol. The predicted molar refractivity (Wildman–Crippen MR) is 77.6 cm³/mol. The molecule has 0 unspecified atom stereocenters. The van der Waals surface area contributed by atoms with Crippen LogP contribution in [0, 0.1) is 0 Å². The summed E-state index contributed by atoms with van der Waals surface area (Å²) in [5.74, 6) is 0.318. The quantitative estimate of drug-likeness (QED) is 0.788. The monoisotopic (exact) mass is 295 g/mol. The molecule has 0 aromatic carbocycles. The topological polar surface area (TPSA) is 53.5 Å². The largest absolute Gasteiger partial charge is 0.295 e. The van der Waals surface area contributed by atoms with Gasteiger partial charge in [0.2, 0.25) is 10.0 Å². The summed E-state index contributed by atoms with van der Waals surface area (Å²) in [6, 6.07) is 4.65. The van der Waals surface area contributed by atoms with Gasteiger partial charge in [0.1, 0.15) is 0 Å². The molecule has 110 valence electrons. The van der Waals surface area contributed by atoms with Gasteiger partial charge in [-0.3, -0.25) is 9.88 Å². The molecule has 6 heteroatoms. The van der Waals surface area contributed by atoms with Gasteiger partial charge in [0.15, 0.2) is 0 Å². The maximum absolute atomic E-state index is 11.8. The highest BCUT2D eigenvalue weighted by Gasteiger charge is 2.32. The van der Waals surface area contributed by atoms with Gasteiger partial charge in [-0.25, -0.2) is 12.7 Å². The summed E-state index contributed by atoms with van der Waals surface area (Å²) < 4.78 is 25.3. The van der Waals surface area contributed by atoms with Crippen molar-refractivity contribution in [3.05, 3.63) is 30.1 Å². The van der Waals surface area contributed by atoms with Crippen LogP contribution in [0.3, 0.4) is 0 Å². The van der Waals surface area contributed by atoms with E-state index in [9.17, 15) is 8.42 Å². The Hall–Kier alpha value is -0.980. The first-order valence-electron chi connectivity index (χ1n) is 7.26. The Morgan fingerprint density at radius 1 is 1.40 bits per heavy atom. The van der Waals surface area contributed by atoms with Crippen LogP contribution in [0.15, 0.2) is 24.5 Å². The first kappa shape index (κ1) is 14.0. The van der Waals surface area contributed by atoms with Crippen molar-refractivity contribution in [3.63, 3.8) is 0 Å². The van der Waals surface area contributed by atoms with Gasteiger partial charge in [-0.15, -0.1) is 0 Å². The summed E-state index contributed by atoms with van der Waals surface area (Å²) in [5.41, 5.74) is 1.20. The van der Waals surface area contributed by atoms with E-state index in [-0.39, 0.29) is 0 Å². The van der Waals surface area contributed by atoms with Crippen molar-refractivity contribution in [2.24, 2.45) is 0 Å². The van der Waals surface area contributed by atoms with Gasteiger partial charge >= 0.3 is 0 Å². The molecule has 2 fully saturated rings. The fourth-order valence-electron chi connectivity index (χ4n) is 2.74. The van der Waals surface area contributed by atoms with Crippen molar-refractivity contribution in [2.45, 2.75) is 31.8 Å². The number of rotatable bonds is 6. The summed E-state index contributed by atoms with van der Waals surface area (Å²) in [5, 5.41) is 0. The van der Waals surface area contributed by atoms with Gasteiger partial charge in [0.05, 0.1) is 5.75 Å². The zero-order valence-electron chi connectivity index (χ0n) is 11.6. The van der Waals surface area contributed by atoms with Gasteiger partial charge < -0.3 is 0 Å². The summed E-state index contributed by atoms with van der Waals surface area (Å²) in [6.07, 6.45) is 6.90. The van der Waals surface area contributed by atoms with Crippen LogP contribution in [0.4, 0.5) is 0 Å². The molecule has 0 spiro atoms. The van der Waals surface area contributed by atoms with Gasteiger partial charge in [-0.1, -0.05) is 6.07 Å². The second-order valence-corrected chi connectivity index (χ2v) is 7.72. The lowest BCUT2D eigenvalue weighted by Crippen LogP contribution is -2.36. The number of hydrogen-bond acceptors (Lipinski definition) is 4. The first-order valence-corrected chi connectivity index (χ1v) is 8.87. The van der Waals surface area contributed by atoms with E-state index in [2.05, 4.69) is 16.0 Å². The highest BCUT2D eigenvalue weighted by Crippen LogP contribution is 2.28. The Bertz CT molecular complexity index is 543. The third-order valence-corrected chi connectivity index (χ3v) is 5.97. The SMILES string of the molecule is O=S1(=O)CCCN1CCN(Cc1cccnc1)C1CC1. The molecule has 3 rings (SSSR count). The minimum atomic E-state index is -2.97. The van der Waals surface area contributed by atoms with Crippen molar-refractivity contribution >= 4 is 10.0 Å². The van der Waals surface area contributed by atoms with Crippen molar-refractivity contribution in [1.82, 2.24) is 14.2 Å². The van der Waals surface area contributed by atoms with E-state index in [1.54, 1.807) is 10.5 Å². The van der Waals surface area contributed by atoms with E-state index in [1.165, 1.54) is 18.4 Å². The lowest BCUT2D eigenvalue weighted by molar-refractivity contribution is 0.235. The number of aromatic nitrogens is 1. The third-order valence-electron chi connectivity index (χ3n) is 4.01. The molecule has 1 aromatic heterocycles. The molecule has 0 radical (unpaired) electrons. The summed E-state index contributed by atoms with van der Waals surface area (Å²) in [7, 11) is -2.97. The van der Waals surface area contributed by atoms with Crippen LogP contribution in [0.25, 0.3) is 0 Å². The van der Waals surface area contributed by atoms with E-state index in [0.717, 1.165) is 19.5 Å². The molecule has 1 aliphatic carbocycles. The van der Waals surface area contributed by atoms with Crippen LogP contribution < -0.4 is 0 Å². The molecule has 1 saturated heterocycles. The maximum Gasteiger partial charge on any atom is 0.214 e. The first-order chi connectivity index (χ1) is 9.65. The third kappa shape index (κ3) is 3.37. The minimum absolute atomic E-state index is 0.318. The summed E-state index contributed by atoms with van der Waals surface area (Å²) >= 11 is 0. The summed E-state index contributed by atoms with van der Waals surface area (Å²) in [6.45, 7) is 3.00. The molecule has 1 aliphatic heterocycles. The molecular weight excluding hydrogens is 274 g/mol. The molecule has 0 bridgehead atoms. The second-order valence-electron chi connectivity index (χ2n) is 5.63. The zero-order chi connectivity index (χ0) is 14.0. The Balaban J connectivity index is 1.58. The smallest absolute Gasteiger partial charge is 0.214 e. The number of nitrogens with zero attached hydrogens (tertiary/aromatic N) is 3. The molecule has 0 atom stereocenters. The molecule has 0 amide bonds. The predicted octanol–water partition coefficient (Wildman–Crippen LogP) is 1.08. The van der Waals surface area contributed by atoms with Crippen molar-refractivity contribution in [3.8, 4) is 0 Å². The van der Waals surface area contributed by atoms with Crippen LogP contribution in [0.1, 0.15) is 24.8 Å². The Morgan fingerprint density at radius 2 is 2.25 bits per heavy atom. The normalized spacial score (nSPS) is 22.4. The van der Waals surface area contributed by atoms with E-state index < -0.39 is 10.0 Å². The number of sulfonamides is 1. The fourth-order valence-corrected chi connectivity index (χ4v) is 4.26. The molecule has 2 heterocycles. The average Bonchev–Trinajstić information content (AvgIpc) is 3.21. The second kappa shape index (κ2) is 5.79. The molecule has 1 saturated carbocycles. The highest BCUT2D eigenvalue weighted by molar-refractivity contribution is 7.89. The van der Waals surface area contributed by atoms with Gasteiger partial charge in [0, 0.05) is 44.6 Å². The van der Waals surface area contributed by atoms with Gasteiger partial charge in [0.25, 0.3) is 0 Å². The Morgan fingerprint density at radius 3 is 2.85 bits per heavy atom.